The van der Waals surface area contributed by atoms with Crippen LogP contribution in [0.2, 0.25) is 0 Å². The zero-order valence-electron chi connectivity index (χ0n) is 13.1. The summed E-state index contributed by atoms with van der Waals surface area (Å²) in [7, 11) is 1.40. The van der Waals surface area contributed by atoms with Crippen LogP contribution in [-0.4, -0.2) is 17.3 Å². The highest BCUT2D eigenvalue weighted by Crippen LogP contribution is 2.24. The Bertz CT molecular complexity index is 863. The lowest BCUT2D eigenvalue weighted by Gasteiger charge is -2.04. The second-order valence-corrected chi connectivity index (χ2v) is 5.38. The highest BCUT2D eigenvalue weighted by atomic mass is 16.5. The maximum absolute atomic E-state index is 11.7. The Hall–Kier alpha value is -2.89. The summed E-state index contributed by atoms with van der Waals surface area (Å²) in [6, 6.07) is 9.20. The zero-order valence-corrected chi connectivity index (χ0v) is 13.1. The smallest absolute Gasteiger partial charge is 0.294 e. The summed E-state index contributed by atoms with van der Waals surface area (Å²) in [5.74, 6) is 1.37. The van der Waals surface area contributed by atoms with Gasteiger partial charge < -0.3 is 13.7 Å². The molecule has 0 spiro atoms. The SMILES string of the molecule is COc1coc(-c2nc(-c3ccc(C(C)C)cc3)no2)cc1=O. The predicted molar refractivity (Wildman–Crippen MR) is 84.3 cm³/mol. The minimum Gasteiger partial charge on any atom is -0.490 e. The van der Waals surface area contributed by atoms with Crippen molar-refractivity contribution in [1.29, 1.82) is 0 Å². The van der Waals surface area contributed by atoms with Crippen molar-refractivity contribution in [2.24, 2.45) is 0 Å². The van der Waals surface area contributed by atoms with Crippen molar-refractivity contribution in [1.82, 2.24) is 10.1 Å². The van der Waals surface area contributed by atoms with E-state index < -0.39 is 0 Å². The largest absolute Gasteiger partial charge is 0.490 e. The molecule has 0 aliphatic rings. The fraction of sp³-hybridized carbons (Fsp3) is 0.235. The molecule has 3 aromatic rings. The molecule has 0 aliphatic heterocycles. The Morgan fingerprint density at radius 3 is 2.52 bits per heavy atom. The summed E-state index contributed by atoms with van der Waals surface area (Å²) in [4.78, 5) is 16.0. The number of benzene rings is 1. The maximum atomic E-state index is 11.7. The lowest BCUT2D eigenvalue weighted by Crippen LogP contribution is -2.03. The van der Waals surface area contributed by atoms with Gasteiger partial charge in [-0.05, 0) is 11.5 Å². The summed E-state index contributed by atoms with van der Waals surface area (Å²) < 4.78 is 15.3. The molecule has 0 N–H and O–H groups in total. The molecule has 0 fully saturated rings. The quantitative estimate of drug-likeness (QED) is 0.734. The lowest BCUT2D eigenvalue weighted by molar-refractivity contribution is 0.380. The second kappa shape index (κ2) is 6.08. The van der Waals surface area contributed by atoms with Crippen LogP contribution in [0.3, 0.4) is 0 Å². The molecule has 2 heterocycles. The molecule has 6 nitrogen and oxygen atoms in total. The number of rotatable bonds is 4. The summed E-state index contributed by atoms with van der Waals surface area (Å²) in [5, 5.41) is 3.93. The molecule has 2 aromatic heterocycles. The van der Waals surface area contributed by atoms with Gasteiger partial charge >= 0.3 is 0 Å². The van der Waals surface area contributed by atoms with E-state index in [2.05, 4.69) is 24.0 Å². The van der Waals surface area contributed by atoms with Crippen LogP contribution >= 0.6 is 0 Å². The van der Waals surface area contributed by atoms with E-state index in [0.717, 1.165) is 5.56 Å². The Morgan fingerprint density at radius 2 is 1.91 bits per heavy atom. The van der Waals surface area contributed by atoms with Crippen LogP contribution in [0.25, 0.3) is 23.0 Å². The average Bonchev–Trinajstić information content (AvgIpc) is 3.05. The van der Waals surface area contributed by atoms with Gasteiger partial charge in [-0.3, -0.25) is 4.79 Å². The molecule has 0 saturated heterocycles. The monoisotopic (exact) mass is 312 g/mol. The van der Waals surface area contributed by atoms with Gasteiger partial charge in [0.15, 0.2) is 5.76 Å². The number of hydrogen-bond donors (Lipinski definition) is 0. The number of nitrogens with zero attached hydrogens (tertiary/aromatic N) is 2. The van der Waals surface area contributed by atoms with Crippen LogP contribution in [0, 0.1) is 0 Å². The van der Waals surface area contributed by atoms with E-state index in [1.807, 2.05) is 24.3 Å². The Balaban J connectivity index is 1.91. The fourth-order valence-electron chi connectivity index (χ4n) is 2.12. The number of aromatic nitrogens is 2. The fourth-order valence-corrected chi connectivity index (χ4v) is 2.12. The molecule has 0 radical (unpaired) electrons. The highest BCUT2D eigenvalue weighted by molar-refractivity contribution is 5.57. The van der Waals surface area contributed by atoms with Crippen LogP contribution in [0.1, 0.15) is 25.3 Å². The second-order valence-electron chi connectivity index (χ2n) is 5.38. The highest BCUT2D eigenvalue weighted by Gasteiger charge is 2.14. The number of hydrogen-bond acceptors (Lipinski definition) is 6. The van der Waals surface area contributed by atoms with Crippen molar-refractivity contribution in [3.63, 3.8) is 0 Å². The van der Waals surface area contributed by atoms with E-state index in [-0.39, 0.29) is 22.8 Å². The molecule has 1 aromatic carbocycles. The molecule has 6 heteroatoms. The Morgan fingerprint density at radius 1 is 1.17 bits per heavy atom. The molecule has 3 rings (SSSR count). The molecular weight excluding hydrogens is 296 g/mol. The predicted octanol–water partition coefficient (Wildman–Crippen LogP) is 3.49. The standard InChI is InChI=1S/C17H16N2O4/c1-10(2)11-4-6-12(7-5-11)16-18-17(23-19-16)14-8-13(20)15(21-3)9-22-14/h4-10H,1-3H3. The molecule has 0 amide bonds. The number of ether oxygens (including phenoxy) is 1. The molecule has 0 unspecified atom stereocenters. The third-order valence-electron chi connectivity index (χ3n) is 3.49. The van der Waals surface area contributed by atoms with E-state index >= 15 is 0 Å². The van der Waals surface area contributed by atoms with Crippen molar-refractivity contribution in [2.75, 3.05) is 7.11 Å². The van der Waals surface area contributed by atoms with Crippen LogP contribution in [0.4, 0.5) is 0 Å². The minimum absolute atomic E-state index is 0.123. The third kappa shape index (κ3) is 3.01. The molecule has 0 atom stereocenters. The van der Waals surface area contributed by atoms with Gasteiger partial charge in [0.2, 0.25) is 17.0 Å². The lowest BCUT2D eigenvalue weighted by atomic mass is 10.0. The summed E-state index contributed by atoms with van der Waals surface area (Å²) in [5.41, 5.74) is 1.76. The van der Waals surface area contributed by atoms with Crippen LogP contribution in [0.5, 0.6) is 5.75 Å². The van der Waals surface area contributed by atoms with Crippen LogP contribution < -0.4 is 10.2 Å². The topological polar surface area (TPSA) is 78.4 Å². The molecule has 118 valence electrons. The minimum atomic E-state index is -0.310. The average molecular weight is 312 g/mol. The van der Waals surface area contributed by atoms with E-state index in [0.29, 0.717) is 11.7 Å². The van der Waals surface area contributed by atoms with E-state index in [4.69, 9.17) is 13.7 Å². The van der Waals surface area contributed by atoms with Crippen molar-refractivity contribution in [3.8, 4) is 28.8 Å². The summed E-state index contributed by atoms with van der Waals surface area (Å²) >= 11 is 0. The van der Waals surface area contributed by atoms with Gasteiger partial charge in [0.1, 0.15) is 6.26 Å². The first kappa shape index (κ1) is 15.0. The Kier molecular flexibility index (Phi) is 3.97. The van der Waals surface area contributed by atoms with Gasteiger partial charge in [-0.15, -0.1) is 0 Å². The molecule has 0 bridgehead atoms. The Labute approximate surface area is 132 Å². The molecular formula is C17H16N2O4. The normalized spacial score (nSPS) is 11.0. The van der Waals surface area contributed by atoms with Crippen molar-refractivity contribution < 1.29 is 13.7 Å². The van der Waals surface area contributed by atoms with Crippen molar-refractivity contribution >= 4 is 0 Å². The summed E-state index contributed by atoms with van der Waals surface area (Å²) in [6.07, 6.45) is 1.22. The third-order valence-corrected chi connectivity index (χ3v) is 3.49. The number of methoxy groups -OCH3 is 1. The van der Waals surface area contributed by atoms with Gasteiger partial charge in [0.25, 0.3) is 5.89 Å². The molecule has 23 heavy (non-hydrogen) atoms. The zero-order chi connectivity index (χ0) is 16.4. The summed E-state index contributed by atoms with van der Waals surface area (Å²) in [6.45, 7) is 4.26. The van der Waals surface area contributed by atoms with E-state index in [1.165, 1.54) is 25.0 Å². The van der Waals surface area contributed by atoms with E-state index in [9.17, 15) is 4.79 Å². The van der Waals surface area contributed by atoms with Crippen molar-refractivity contribution in [2.45, 2.75) is 19.8 Å². The van der Waals surface area contributed by atoms with Gasteiger partial charge in [-0.25, -0.2) is 0 Å². The first-order valence-electron chi connectivity index (χ1n) is 7.19. The van der Waals surface area contributed by atoms with Crippen molar-refractivity contribution in [3.05, 3.63) is 52.4 Å². The first-order valence-corrected chi connectivity index (χ1v) is 7.19. The van der Waals surface area contributed by atoms with Gasteiger partial charge in [0.05, 0.1) is 7.11 Å². The van der Waals surface area contributed by atoms with Crippen LogP contribution in [0.15, 0.2) is 50.3 Å². The van der Waals surface area contributed by atoms with Crippen LogP contribution in [-0.2, 0) is 0 Å². The first-order chi connectivity index (χ1) is 11.1. The van der Waals surface area contributed by atoms with Gasteiger partial charge in [-0.1, -0.05) is 43.3 Å². The molecule has 0 saturated carbocycles. The van der Waals surface area contributed by atoms with E-state index in [1.54, 1.807) is 0 Å². The maximum Gasteiger partial charge on any atom is 0.294 e. The van der Waals surface area contributed by atoms with Gasteiger partial charge in [-0.2, -0.15) is 4.98 Å². The molecule has 0 aliphatic carbocycles. The van der Waals surface area contributed by atoms with Gasteiger partial charge in [0, 0.05) is 11.6 Å².